The molecule has 0 fully saturated rings. The second kappa shape index (κ2) is 6.41. The van der Waals surface area contributed by atoms with Crippen LogP contribution in [0.3, 0.4) is 0 Å². The number of amides is 1. The van der Waals surface area contributed by atoms with Gasteiger partial charge in [0.05, 0.1) is 10.7 Å². The Morgan fingerprint density at radius 2 is 1.64 bits per heavy atom. The Hall–Kier alpha value is -2.65. The van der Waals surface area contributed by atoms with Gasteiger partial charge in [0.15, 0.2) is 0 Å². The summed E-state index contributed by atoms with van der Waals surface area (Å²) in [5.74, 6) is -0.148. The minimum atomic E-state index is -0.148. The van der Waals surface area contributed by atoms with E-state index in [4.69, 9.17) is 11.6 Å². The Morgan fingerprint density at radius 1 is 0.909 bits per heavy atom. The van der Waals surface area contributed by atoms with Crippen LogP contribution in [0.15, 0.2) is 72.9 Å². The van der Waals surface area contributed by atoms with Gasteiger partial charge in [-0.1, -0.05) is 41.9 Å². The number of carbonyl (C=O) groups is 1. The number of hydrogen-bond donors (Lipinski definition) is 1. The van der Waals surface area contributed by atoms with E-state index in [1.807, 2.05) is 42.5 Å². The first-order chi connectivity index (χ1) is 10.7. The molecule has 1 aromatic heterocycles. The molecule has 1 N–H and O–H groups in total. The molecule has 0 saturated heterocycles. The van der Waals surface area contributed by atoms with E-state index in [9.17, 15) is 4.79 Å². The van der Waals surface area contributed by atoms with Crippen molar-refractivity contribution in [3.63, 3.8) is 0 Å². The van der Waals surface area contributed by atoms with Crippen molar-refractivity contribution in [3.05, 3.63) is 83.5 Å². The van der Waals surface area contributed by atoms with Gasteiger partial charge >= 0.3 is 0 Å². The van der Waals surface area contributed by atoms with Crippen molar-refractivity contribution in [3.8, 4) is 11.3 Å². The van der Waals surface area contributed by atoms with Gasteiger partial charge < -0.3 is 5.32 Å². The molecule has 0 aliphatic rings. The van der Waals surface area contributed by atoms with Gasteiger partial charge in [-0.2, -0.15) is 0 Å². The molecule has 108 valence electrons. The minimum Gasteiger partial charge on any atom is -0.322 e. The molecule has 1 amide bonds. The zero-order valence-electron chi connectivity index (χ0n) is 11.7. The minimum absolute atomic E-state index is 0.148. The predicted octanol–water partition coefficient (Wildman–Crippen LogP) is 4.65. The summed E-state index contributed by atoms with van der Waals surface area (Å²) >= 11 is 6.13. The van der Waals surface area contributed by atoms with Crippen LogP contribution in [0.4, 0.5) is 5.69 Å². The van der Waals surface area contributed by atoms with Crippen LogP contribution in [-0.2, 0) is 0 Å². The Morgan fingerprint density at radius 3 is 2.32 bits per heavy atom. The van der Waals surface area contributed by atoms with E-state index in [2.05, 4.69) is 10.3 Å². The van der Waals surface area contributed by atoms with Crippen LogP contribution in [0.25, 0.3) is 11.3 Å². The lowest BCUT2D eigenvalue weighted by atomic mass is 10.1. The van der Waals surface area contributed by atoms with E-state index in [-0.39, 0.29) is 5.91 Å². The summed E-state index contributed by atoms with van der Waals surface area (Å²) < 4.78 is 0. The SMILES string of the molecule is O=C(Nc1ccccc1)c1ccc(-c2ncccc2Cl)cc1. The summed E-state index contributed by atoms with van der Waals surface area (Å²) in [6, 6.07) is 20.1. The highest BCUT2D eigenvalue weighted by molar-refractivity contribution is 6.33. The van der Waals surface area contributed by atoms with Crippen molar-refractivity contribution in [2.75, 3.05) is 5.32 Å². The second-order valence-electron chi connectivity index (χ2n) is 4.73. The molecule has 0 saturated carbocycles. The van der Waals surface area contributed by atoms with E-state index in [1.54, 1.807) is 30.5 Å². The van der Waals surface area contributed by atoms with Gasteiger partial charge in [-0.25, -0.2) is 0 Å². The Bertz CT molecular complexity index is 786. The van der Waals surface area contributed by atoms with Crippen LogP contribution in [0.1, 0.15) is 10.4 Å². The normalized spacial score (nSPS) is 10.2. The molecule has 3 rings (SSSR count). The molecule has 4 heteroatoms. The zero-order valence-corrected chi connectivity index (χ0v) is 12.4. The predicted molar refractivity (Wildman–Crippen MR) is 89.1 cm³/mol. The molecule has 0 atom stereocenters. The molecular weight excluding hydrogens is 296 g/mol. The monoisotopic (exact) mass is 308 g/mol. The quantitative estimate of drug-likeness (QED) is 0.765. The third kappa shape index (κ3) is 3.15. The van der Waals surface area contributed by atoms with E-state index in [1.165, 1.54) is 0 Å². The molecule has 0 spiro atoms. The maximum Gasteiger partial charge on any atom is 0.255 e. The lowest BCUT2D eigenvalue weighted by Gasteiger charge is -2.07. The smallest absolute Gasteiger partial charge is 0.255 e. The van der Waals surface area contributed by atoms with Gasteiger partial charge in [0.1, 0.15) is 0 Å². The topological polar surface area (TPSA) is 42.0 Å². The van der Waals surface area contributed by atoms with Gasteiger partial charge in [-0.3, -0.25) is 9.78 Å². The number of rotatable bonds is 3. The lowest BCUT2D eigenvalue weighted by molar-refractivity contribution is 0.102. The zero-order chi connectivity index (χ0) is 15.4. The summed E-state index contributed by atoms with van der Waals surface area (Å²) in [4.78, 5) is 16.4. The molecular formula is C18H13ClN2O. The van der Waals surface area contributed by atoms with Gasteiger partial charge in [-0.05, 0) is 36.4 Å². The fraction of sp³-hybridized carbons (Fsp3) is 0. The molecule has 0 bridgehead atoms. The van der Waals surface area contributed by atoms with E-state index in [0.717, 1.165) is 11.3 Å². The molecule has 0 aliphatic heterocycles. The van der Waals surface area contributed by atoms with Gasteiger partial charge in [0, 0.05) is 23.0 Å². The number of nitrogens with one attached hydrogen (secondary N) is 1. The molecule has 0 unspecified atom stereocenters. The highest BCUT2D eigenvalue weighted by atomic mass is 35.5. The van der Waals surface area contributed by atoms with Crippen molar-refractivity contribution >= 4 is 23.2 Å². The standard InChI is InChI=1S/C18H13ClN2O/c19-16-7-4-12-20-17(16)13-8-10-14(11-9-13)18(22)21-15-5-2-1-3-6-15/h1-12H,(H,21,22). The number of para-hydroxylation sites is 1. The van der Waals surface area contributed by atoms with Crippen LogP contribution in [0.5, 0.6) is 0 Å². The Kier molecular flexibility index (Phi) is 4.17. The maximum atomic E-state index is 12.2. The number of nitrogens with zero attached hydrogens (tertiary/aromatic N) is 1. The third-order valence-electron chi connectivity index (χ3n) is 3.21. The van der Waals surface area contributed by atoms with E-state index in [0.29, 0.717) is 16.3 Å². The van der Waals surface area contributed by atoms with Crippen LogP contribution in [0.2, 0.25) is 5.02 Å². The molecule has 1 heterocycles. The highest BCUT2D eigenvalue weighted by Crippen LogP contribution is 2.25. The fourth-order valence-corrected chi connectivity index (χ4v) is 2.33. The van der Waals surface area contributed by atoms with Crippen LogP contribution >= 0.6 is 11.6 Å². The van der Waals surface area contributed by atoms with Crippen LogP contribution in [-0.4, -0.2) is 10.9 Å². The summed E-state index contributed by atoms with van der Waals surface area (Å²) in [6.07, 6.45) is 1.69. The van der Waals surface area contributed by atoms with Gasteiger partial charge in [0.2, 0.25) is 0 Å². The van der Waals surface area contributed by atoms with Crippen molar-refractivity contribution < 1.29 is 4.79 Å². The van der Waals surface area contributed by atoms with E-state index < -0.39 is 0 Å². The van der Waals surface area contributed by atoms with E-state index >= 15 is 0 Å². The molecule has 3 aromatic rings. The highest BCUT2D eigenvalue weighted by Gasteiger charge is 2.08. The summed E-state index contributed by atoms with van der Waals surface area (Å²) in [5.41, 5.74) is 2.94. The molecule has 2 aromatic carbocycles. The Labute approximate surface area is 133 Å². The lowest BCUT2D eigenvalue weighted by Crippen LogP contribution is -2.11. The summed E-state index contributed by atoms with van der Waals surface area (Å²) in [6.45, 7) is 0. The van der Waals surface area contributed by atoms with Crippen molar-refractivity contribution in [1.82, 2.24) is 4.98 Å². The number of carbonyl (C=O) groups excluding carboxylic acids is 1. The number of hydrogen-bond acceptors (Lipinski definition) is 2. The first kappa shape index (κ1) is 14.3. The number of pyridine rings is 1. The van der Waals surface area contributed by atoms with Crippen LogP contribution < -0.4 is 5.32 Å². The van der Waals surface area contributed by atoms with Crippen molar-refractivity contribution in [2.24, 2.45) is 0 Å². The van der Waals surface area contributed by atoms with Crippen LogP contribution in [0, 0.1) is 0 Å². The fourth-order valence-electron chi connectivity index (χ4n) is 2.10. The molecule has 0 radical (unpaired) electrons. The summed E-state index contributed by atoms with van der Waals surface area (Å²) in [7, 11) is 0. The van der Waals surface area contributed by atoms with Gasteiger partial charge in [-0.15, -0.1) is 0 Å². The van der Waals surface area contributed by atoms with Crippen molar-refractivity contribution in [1.29, 1.82) is 0 Å². The maximum absolute atomic E-state index is 12.2. The Balaban J connectivity index is 1.80. The average Bonchev–Trinajstić information content (AvgIpc) is 2.56. The first-order valence-corrected chi connectivity index (χ1v) is 7.19. The van der Waals surface area contributed by atoms with Gasteiger partial charge in [0.25, 0.3) is 5.91 Å². The van der Waals surface area contributed by atoms with Crippen molar-refractivity contribution in [2.45, 2.75) is 0 Å². The number of benzene rings is 2. The first-order valence-electron chi connectivity index (χ1n) is 6.81. The second-order valence-corrected chi connectivity index (χ2v) is 5.14. The molecule has 22 heavy (non-hydrogen) atoms. The number of anilines is 1. The average molecular weight is 309 g/mol. The number of halogens is 1. The largest absolute Gasteiger partial charge is 0.322 e. The summed E-state index contributed by atoms with van der Waals surface area (Å²) in [5, 5.41) is 3.44. The number of aromatic nitrogens is 1. The molecule has 0 aliphatic carbocycles. The third-order valence-corrected chi connectivity index (χ3v) is 3.52. The molecule has 3 nitrogen and oxygen atoms in total.